The zero-order valence-electron chi connectivity index (χ0n) is 9.77. The lowest BCUT2D eigenvalue weighted by atomic mass is 10.3. The second-order valence-corrected chi connectivity index (χ2v) is 5.15. The fourth-order valence-corrected chi connectivity index (χ4v) is 2.49. The van der Waals surface area contributed by atoms with Crippen molar-refractivity contribution in [2.24, 2.45) is 0 Å². The monoisotopic (exact) mass is 239 g/mol. The number of likely N-dealkylation sites (N-methyl/N-ethyl adjacent to an activating group) is 1. The predicted molar refractivity (Wildman–Crippen MR) is 65.1 cm³/mol. The van der Waals surface area contributed by atoms with Gasteiger partial charge in [-0.25, -0.2) is 4.98 Å². The summed E-state index contributed by atoms with van der Waals surface area (Å²) >= 11 is 1.45. The molecule has 0 aliphatic carbocycles. The van der Waals surface area contributed by atoms with Gasteiger partial charge in [0, 0.05) is 37.3 Å². The molecule has 88 valence electrons. The van der Waals surface area contributed by atoms with Crippen molar-refractivity contribution in [1.29, 1.82) is 0 Å². The molecule has 2 heterocycles. The van der Waals surface area contributed by atoms with Crippen LogP contribution >= 0.6 is 11.3 Å². The molecule has 1 aromatic heterocycles. The molecule has 0 aromatic carbocycles. The summed E-state index contributed by atoms with van der Waals surface area (Å²) in [7, 11) is 2.11. The highest BCUT2D eigenvalue weighted by molar-refractivity contribution is 7.11. The largest absolute Gasteiger partial charge is 0.304 e. The fraction of sp³-hybridized carbons (Fsp3) is 0.636. The van der Waals surface area contributed by atoms with Crippen LogP contribution in [-0.2, 0) is 0 Å². The van der Waals surface area contributed by atoms with Gasteiger partial charge in [0.25, 0.3) is 0 Å². The van der Waals surface area contributed by atoms with E-state index in [2.05, 4.69) is 21.8 Å². The Balaban J connectivity index is 1.88. The van der Waals surface area contributed by atoms with Gasteiger partial charge >= 0.3 is 0 Å². The Morgan fingerprint density at radius 2 is 2.12 bits per heavy atom. The number of Topliss-reactive ketones (excluding diaryl/α,β-unsaturated/α-hetero) is 1. The van der Waals surface area contributed by atoms with Crippen LogP contribution in [0.3, 0.4) is 0 Å². The molecule has 0 atom stereocenters. The molecule has 0 unspecified atom stereocenters. The first-order chi connectivity index (χ1) is 7.65. The van der Waals surface area contributed by atoms with Gasteiger partial charge in [0.2, 0.25) is 5.78 Å². The van der Waals surface area contributed by atoms with Gasteiger partial charge in [-0.1, -0.05) is 0 Å². The number of carbonyl (C=O) groups excluding carboxylic acids is 1. The van der Waals surface area contributed by atoms with Crippen molar-refractivity contribution < 1.29 is 4.79 Å². The van der Waals surface area contributed by atoms with Crippen LogP contribution in [0.2, 0.25) is 0 Å². The third-order valence-corrected chi connectivity index (χ3v) is 3.82. The fourth-order valence-electron chi connectivity index (χ4n) is 1.76. The van der Waals surface area contributed by atoms with Gasteiger partial charge < -0.3 is 4.90 Å². The topological polar surface area (TPSA) is 36.4 Å². The number of nitrogens with zero attached hydrogens (tertiary/aromatic N) is 3. The number of ketones is 1. The lowest BCUT2D eigenvalue weighted by Crippen LogP contribution is -2.46. The highest BCUT2D eigenvalue weighted by Gasteiger charge is 2.18. The number of carbonyl (C=O) groups is 1. The number of thiazole rings is 1. The summed E-state index contributed by atoms with van der Waals surface area (Å²) in [6.45, 7) is 6.48. The first-order valence-corrected chi connectivity index (χ1v) is 6.39. The first kappa shape index (κ1) is 11.7. The molecule has 0 amide bonds. The van der Waals surface area contributed by atoms with Crippen molar-refractivity contribution in [1.82, 2.24) is 14.8 Å². The van der Waals surface area contributed by atoms with E-state index in [9.17, 15) is 4.79 Å². The average Bonchev–Trinajstić information content (AvgIpc) is 2.68. The summed E-state index contributed by atoms with van der Waals surface area (Å²) in [5, 5.41) is 2.58. The van der Waals surface area contributed by atoms with E-state index in [1.165, 1.54) is 11.3 Å². The molecule has 1 fully saturated rings. The van der Waals surface area contributed by atoms with Crippen LogP contribution in [0.4, 0.5) is 0 Å². The zero-order valence-corrected chi connectivity index (χ0v) is 10.6. The smallest absolute Gasteiger partial charge is 0.205 e. The normalized spacial score (nSPS) is 18.9. The molecule has 1 saturated heterocycles. The molecule has 0 spiro atoms. The van der Waals surface area contributed by atoms with Crippen molar-refractivity contribution >= 4 is 17.1 Å². The Bertz CT molecular complexity index is 369. The van der Waals surface area contributed by atoms with Crippen molar-refractivity contribution in [2.45, 2.75) is 6.92 Å². The maximum Gasteiger partial charge on any atom is 0.205 e. The highest BCUT2D eigenvalue weighted by atomic mass is 32.1. The molecule has 5 heteroatoms. The van der Waals surface area contributed by atoms with Crippen LogP contribution in [0.25, 0.3) is 0 Å². The molecule has 16 heavy (non-hydrogen) atoms. The van der Waals surface area contributed by atoms with Crippen molar-refractivity contribution in [2.75, 3.05) is 39.8 Å². The highest BCUT2D eigenvalue weighted by Crippen LogP contribution is 2.10. The van der Waals surface area contributed by atoms with E-state index in [0.29, 0.717) is 11.6 Å². The molecule has 0 saturated carbocycles. The summed E-state index contributed by atoms with van der Waals surface area (Å²) in [4.78, 5) is 20.6. The van der Waals surface area contributed by atoms with E-state index in [1.807, 2.05) is 12.3 Å². The first-order valence-electron chi connectivity index (χ1n) is 5.51. The molecule has 0 N–H and O–H groups in total. The van der Waals surface area contributed by atoms with E-state index in [1.54, 1.807) is 0 Å². The van der Waals surface area contributed by atoms with E-state index >= 15 is 0 Å². The third-order valence-electron chi connectivity index (χ3n) is 2.82. The zero-order chi connectivity index (χ0) is 11.5. The van der Waals surface area contributed by atoms with Gasteiger partial charge in [0.1, 0.15) is 0 Å². The molecular formula is C11H17N3OS. The summed E-state index contributed by atoms with van der Waals surface area (Å²) < 4.78 is 0. The SMILES string of the molecule is Cc1csc(C(=O)CN2CCN(C)CC2)n1. The third kappa shape index (κ3) is 2.87. The van der Waals surface area contributed by atoms with Crippen LogP contribution < -0.4 is 0 Å². The van der Waals surface area contributed by atoms with Crippen LogP contribution in [0.1, 0.15) is 15.5 Å². The lowest BCUT2D eigenvalue weighted by Gasteiger charge is -2.31. The Hall–Kier alpha value is -0.780. The number of piperazine rings is 1. The Morgan fingerprint density at radius 3 is 2.69 bits per heavy atom. The van der Waals surface area contributed by atoms with Gasteiger partial charge in [-0.05, 0) is 14.0 Å². The molecule has 0 radical (unpaired) electrons. The maximum absolute atomic E-state index is 11.9. The molecule has 1 aliphatic heterocycles. The van der Waals surface area contributed by atoms with Crippen LogP contribution in [-0.4, -0.2) is 60.3 Å². The van der Waals surface area contributed by atoms with E-state index < -0.39 is 0 Å². The van der Waals surface area contributed by atoms with Crippen molar-refractivity contribution in [3.63, 3.8) is 0 Å². The number of rotatable bonds is 3. The second kappa shape index (κ2) is 5.03. The summed E-state index contributed by atoms with van der Waals surface area (Å²) in [6, 6.07) is 0. The van der Waals surface area contributed by atoms with E-state index in [4.69, 9.17) is 0 Å². The predicted octanol–water partition coefficient (Wildman–Crippen LogP) is 0.882. The van der Waals surface area contributed by atoms with Gasteiger partial charge in [-0.15, -0.1) is 11.3 Å². The number of hydrogen-bond acceptors (Lipinski definition) is 5. The van der Waals surface area contributed by atoms with E-state index in [0.717, 1.165) is 31.9 Å². The molecule has 1 aromatic rings. The average molecular weight is 239 g/mol. The number of hydrogen-bond donors (Lipinski definition) is 0. The quantitative estimate of drug-likeness (QED) is 0.734. The van der Waals surface area contributed by atoms with Gasteiger partial charge in [-0.3, -0.25) is 9.69 Å². The minimum absolute atomic E-state index is 0.155. The van der Waals surface area contributed by atoms with Crippen LogP contribution in [0, 0.1) is 6.92 Å². The minimum atomic E-state index is 0.155. The Labute approximate surface area is 99.9 Å². The Morgan fingerprint density at radius 1 is 1.44 bits per heavy atom. The lowest BCUT2D eigenvalue weighted by molar-refractivity contribution is 0.0876. The molecular weight excluding hydrogens is 222 g/mol. The minimum Gasteiger partial charge on any atom is -0.304 e. The summed E-state index contributed by atoms with van der Waals surface area (Å²) in [5.74, 6) is 0.155. The van der Waals surface area contributed by atoms with Gasteiger partial charge in [0.05, 0.1) is 6.54 Å². The van der Waals surface area contributed by atoms with Crippen molar-refractivity contribution in [3.05, 3.63) is 16.1 Å². The molecule has 1 aliphatic rings. The van der Waals surface area contributed by atoms with Crippen LogP contribution in [0.15, 0.2) is 5.38 Å². The molecule has 2 rings (SSSR count). The summed E-state index contributed by atoms with van der Waals surface area (Å²) in [5.41, 5.74) is 0.937. The maximum atomic E-state index is 11.9. The molecule has 4 nitrogen and oxygen atoms in total. The second-order valence-electron chi connectivity index (χ2n) is 4.30. The molecule has 0 bridgehead atoms. The number of aryl methyl sites for hydroxylation is 1. The van der Waals surface area contributed by atoms with Crippen LogP contribution in [0.5, 0.6) is 0 Å². The summed E-state index contributed by atoms with van der Waals surface area (Å²) in [6.07, 6.45) is 0. The van der Waals surface area contributed by atoms with Gasteiger partial charge in [0.15, 0.2) is 5.01 Å². The number of aromatic nitrogens is 1. The van der Waals surface area contributed by atoms with Crippen molar-refractivity contribution in [3.8, 4) is 0 Å². The van der Waals surface area contributed by atoms with E-state index in [-0.39, 0.29) is 5.78 Å². The standard InChI is InChI=1S/C11H17N3OS/c1-9-8-16-11(12-9)10(15)7-14-5-3-13(2)4-6-14/h8H,3-7H2,1-2H3. The van der Waals surface area contributed by atoms with Gasteiger partial charge in [-0.2, -0.15) is 0 Å². The Kier molecular flexibility index (Phi) is 3.68.